The van der Waals surface area contributed by atoms with Crippen molar-refractivity contribution < 1.29 is 9.59 Å². The molecule has 4 fully saturated rings. The SMILES string of the molecule is CC[C@]12CCC(=O)CC1CC[C@@H]1C2CC[C@@]2(C)C1CC[C@@H]2C(C)=O. The van der Waals surface area contributed by atoms with E-state index in [0.717, 1.165) is 43.4 Å². The van der Waals surface area contributed by atoms with Crippen LogP contribution in [0.3, 0.4) is 0 Å². The topological polar surface area (TPSA) is 34.1 Å². The maximum atomic E-state index is 12.2. The molecule has 0 spiro atoms. The minimum Gasteiger partial charge on any atom is -0.300 e. The third-order valence-electron chi connectivity index (χ3n) is 9.33. The van der Waals surface area contributed by atoms with Gasteiger partial charge in [-0.1, -0.05) is 13.8 Å². The van der Waals surface area contributed by atoms with Crippen molar-refractivity contribution in [1.82, 2.24) is 0 Å². The number of ketones is 2. The zero-order valence-corrected chi connectivity index (χ0v) is 15.8. The Labute approximate surface area is 147 Å². The summed E-state index contributed by atoms with van der Waals surface area (Å²) in [6.45, 7) is 6.63. The van der Waals surface area contributed by atoms with Gasteiger partial charge in [-0.15, -0.1) is 0 Å². The first-order chi connectivity index (χ1) is 11.4. The Kier molecular flexibility index (Phi) is 3.97. The van der Waals surface area contributed by atoms with Gasteiger partial charge in [-0.25, -0.2) is 0 Å². The molecule has 0 aromatic carbocycles. The second-order valence-corrected chi connectivity index (χ2v) is 9.77. The molecule has 2 heteroatoms. The van der Waals surface area contributed by atoms with E-state index in [9.17, 15) is 9.59 Å². The molecular weight excluding hydrogens is 296 g/mol. The molecule has 4 aliphatic carbocycles. The summed E-state index contributed by atoms with van der Waals surface area (Å²) < 4.78 is 0. The molecule has 2 nitrogen and oxygen atoms in total. The summed E-state index contributed by atoms with van der Waals surface area (Å²) in [7, 11) is 0. The normalized spacial score (nSPS) is 50.8. The van der Waals surface area contributed by atoms with E-state index in [-0.39, 0.29) is 5.41 Å². The lowest BCUT2D eigenvalue weighted by atomic mass is 9.43. The van der Waals surface area contributed by atoms with E-state index in [1.165, 1.54) is 38.5 Å². The van der Waals surface area contributed by atoms with Crippen molar-refractivity contribution in [1.29, 1.82) is 0 Å². The van der Waals surface area contributed by atoms with E-state index in [1.807, 2.05) is 6.92 Å². The van der Waals surface area contributed by atoms with Crippen LogP contribution in [0.15, 0.2) is 0 Å². The molecule has 7 atom stereocenters. The Morgan fingerprint density at radius 1 is 1.08 bits per heavy atom. The van der Waals surface area contributed by atoms with E-state index in [0.29, 0.717) is 28.8 Å². The van der Waals surface area contributed by atoms with Crippen molar-refractivity contribution >= 4 is 11.6 Å². The van der Waals surface area contributed by atoms with Gasteiger partial charge in [0.2, 0.25) is 0 Å². The van der Waals surface area contributed by atoms with Crippen LogP contribution in [0.5, 0.6) is 0 Å². The highest BCUT2D eigenvalue weighted by Crippen LogP contribution is 2.68. The number of hydrogen-bond acceptors (Lipinski definition) is 2. The minimum absolute atomic E-state index is 0.263. The minimum atomic E-state index is 0.263. The Morgan fingerprint density at radius 2 is 1.88 bits per heavy atom. The number of hydrogen-bond donors (Lipinski definition) is 0. The first-order valence-corrected chi connectivity index (χ1v) is 10.4. The number of carbonyl (C=O) groups excluding carboxylic acids is 2. The van der Waals surface area contributed by atoms with Gasteiger partial charge >= 0.3 is 0 Å². The molecule has 0 aromatic rings. The van der Waals surface area contributed by atoms with Gasteiger partial charge in [-0.3, -0.25) is 9.59 Å². The average molecular weight is 331 g/mol. The first-order valence-electron chi connectivity index (χ1n) is 10.4. The fraction of sp³-hybridized carbons (Fsp3) is 0.909. The largest absolute Gasteiger partial charge is 0.300 e. The second kappa shape index (κ2) is 5.68. The Morgan fingerprint density at radius 3 is 2.58 bits per heavy atom. The lowest BCUT2D eigenvalue weighted by molar-refractivity contribution is -0.147. The van der Waals surface area contributed by atoms with Crippen molar-refractivity contribution in [3.63, 3.8) is 0 Å². The molecular formula is C22H34O2. The van der Waals surface area contributed by atoms with Crippen LogP contribution in [-0.2, 0) is 9.59 Å². The summed E-state index contributed by atoms with van der Waals surface area (Å²) in [5.74, 6) is 4.30. The third-order valence-corrected chi connectivity index (χ3v) is 9.33. The molecule has 3 unspecified atom stereocenters. The molecule has 134 valence electrons. The second-order valence-electron chi connectivity index (χ2n) is 9.77. The molecule has 0 radical (unpaired) electrons. The van der Waals surface area contributed by atoms with Gasteiger partial charge in [0, 0.05) is 18.8 Å². The predicted octanol–water partition coefficient (Wildman–Crippen LogP) is 5.19. The lowest BCUT2D eigenvalue weighted by Gasteiger charge is -2.61. The number of fused-ring (bicyclic) bond motifs is 5. The summed E-state index contributed by atoms with van der Waals surface area (Å²) in [6, 6.07) is 0. The summed E-state index contributed by atoms with van der Waals surface area (Å²) in [5.41, 5.74) is 0.700. The number of Topliss-reactive ketones (excluding diaryl/α,β-unsaturated/α-hetero) is 2. The average Bonchev–Trinajstić information content (AvgIpc) is 2.91. The first kappa shape index (κ1) is 16.8. The van der Waals surface area contributed by atoms with Gasteiger partial charge in [0.25, 0.3) is 0 Å². The van der Waals surface area contributed by atoms with Crippen molar-refractivity contribution in [2.45, 2.75) is 85.0 Å². The van der Waals surface area contributed by atoms with Crippen molar-refractivity contribution in [2.24, 2.45) is 40.4 Å². The summed E-state index contributed by atoms with van der Waals surface area (Å²) >= 11 is 0. The molecule has 4 saturated carbocycles. The van der Waals surface area contributed by atoms with Crippen molar-refractivity contribution in [3.05, 3.63) is 0 Å². The standard InChI is InChI=1S/C22H34O2/c1-4-22-12-9-16(24)13-15(22)5-6-17-19-8-7-18(14(2)23)21(19,3)11-10-20(17)22/h15,17-20H,4-13H2,1-3H3/t15?,17-,18+,19?,20?,21+,22-/m0/s1. The molecule has 0 aromatic heterocycles. The van der Waals surface area contributed by atoms with Gasteiger partial charge in [0.05, 0.1) is 0 Å². The number of rotatable bonds is 2. The van der Waals surface area contributed by atoms with Crippen LogP contribution in [0.4, 0.5) is 0 Å². The zero-order valence-electron chi connectivity index (χ0n) is 15.8. The summed E-state index contributed by atoms with van der Waals surface area (Å²) in [4.78, 5) is 24.3. The Hall–Kier alpha value is -0.660. The van der Waals surface area contributed by atoms with Crippen LogP contribution in [0, 0.1) is 40.4 Å². The highest BCUT2D eigenvalue weighted by molar-refractivity contribution is 5.80. The molecule has 0 bridgehead atoms. The van der Waals surface area contributed by atoms with Crippen LogP contribution in [-0.4, -0.2) is 11.6 Å². The zero-order chi connectivity index (χ0) is 17.1. The molecule has 4 aliphatic rings. The Bertz CT molecular complexity index is 552. The third kappa shape index (κ3) is 2.13. The summed E-state index contributed by atoms with van der Waals surface area (Å²) in [5, 5.41) is 0. The van der Waals surface area contributed by atoms with Gasteiger partial charge < -0.3 is 0 Å². The highest BCUT2D eigenvalue weighted by Gasteiger charge is 2.61. The van der Waals surface area contributed by atoms with Gasteiger partial charge in [0.1, 0.15) is 11.6 Å². The van der Waals surface area contributed by atoms with Crippen LogP contribution < -0.4 is 0 Å². The molecule has 0 saturated heterocycles. The van der Waals surface area contributed by atoms with Crippen molar-refractivity contribution in [3.8, 4) is 0 Å². The predicted molar refractivity (Wildman–Crippen MR) is 95.5 cm³/mol. The smallest absolute Gasteiger partial charge is 0.133 e. The fourth-order valence-corrected chi connectivity index (χ4v) is 8.23. The quantitative estimate of drug-likeness (QED) is 0.698. The van der Waals surface area contributed by atoms with Crippen LogP contribution in [0.2, 0.25) is 0 Å². The van der Waals surface area contributed by atoms with Crippen molar-refractivity contribution in [2.75, 3.05) is 0 Å². The van der Waals surface area contributed by atoms with Crippen LogP contribution in [0.25, 0.3) is 0 Å². The molecule has 0 heterocycles. The van der Waals surface area contributed by atoms with E-state index in [4.69, 9.17) is 0 Å². The fourth-order valence-electron chi connectivity index (χ4n) is 8.23. The molecule has 4 rings (SSSR count). The maximum absolute atomic E-state index is 12.2. The number of carbonyl (C=O) groups is 2. The van der Waals surface area contributed by atoms with E-state index >= 15 is 0 Å². The Balaban J connectivity index is 1.65. The van der Waals surface area contributed by atoms with E-state index < -0.39 is 0 Å². The lowest BCUT2D eigenvalue weighted by Crippen LogP contribution is -2.54. The molecule has 0 amide bonds. The molecule has 0 N–H and O–H groups in total. The highest BCUT2D eigenvalue weighted by atomic mass is 16.1. The van der Waals surface area contributed by atoms with Gasteiger partial charge in [-0.05, 0) is 92.8 Å². The molecule has 0 aliphatic heterocycles. The summed E-state index contributed by atoms with van der Waals surface area (Å²) in [6.07, 6.45) is 11.6. The van der Waals surface area contributed by atoms with Gasteiger partial charge in [0.15, 0.2) is 0 Å². The van der Waals surface area contributed by atoms with Crippen LogP contribution >= 0.6 is 0 Å². The van der Waals surface area contributed by atoms with E-state index in [1.54, 1.807) is 0 Å². The monoisotopic (exact) mass is 330 g/mol. The molecule has 24 heavy (non-hydrogen) atoms. The van der Waals surface area contributed by atoms with Gasteiger partial charge in [-0.2, -0.15) is 0 Å². The maximum Gasteiger partial charge on any atom is 0.133 e. The van der Waals surface area contributed by atoms with Crippen LogP contribution in [0.1, 0.15) is 85.0 Å². The van der Waals surface area contributed by atoms with E-state index in [2.05, 4.69) is 13.8 Å².